The predicted octanol–water partition coefficient (Wildman–Crippen LogP) is 10.1. The number of fused-ring (bicyclic) bond motifs is 4. The molecule has 204 valence electrons. The van der Waals surface area contributed by atoms with Gasteiger partial charge in [-0.2, -0.15) is 4.98 Å². The molecule has 2 aliphatic heterocycles. The number of hydrogen-bond donors (Lipinski definition) is 1. The topological polar surface area (TPSA) is 50.3 Å². The van der Waals surface area contributed by atoms with Gasteiger partial charge in [-0.3, -0.25) is 4.90 Å². The smallest absolute Gasteiger partial charge is 0.223 e. The van der Waals surface area contributed by atoms with Gasteiger partial charge in [-0.25, -0.2) is 4.98 Å². The second kappa shape index (κ2) is 10.5. The molecule has 43 heavy (non-hydrogen) atoms. The van der Waals surface area contributed by atoms with E-state index in [9.17, 15) is 0 Å². The van der Waals surface area contributed by atoms with Gasteiger partial charge in [-0.05, 0) is 58.1 Å². The van der Waals surface area contributed by atoms with Gasteiger partial charge in [0.2, 0.25) is 11.8 Å². The summed E-state index contributed by atoms with van der Waals surface area (Å²) < 4.78 is 6.03. The Morgan fingerprint density at radius 1 is 0.558 bits per heavy atom. The Hall–Kier alpha value is -5.94. The Morgan fingerprint density at radius 3 is 2.19 bits per heavy atom. The molecule has 4 heterocycles. The number of nitrogens with one attached hydrogen (secondary N) is 1. The predicted molar refractivity (Wildman–Crippen MR) is 176 cm³/mol. The van der Waals surface area contributed by atoms with Crippen LogP contribution >= 0.6 is 0 Å². The average molecular weight is 555 g/mol. The number of nitrogens with zero attached hydrogens (tertiary/aromatic N) is 3. The van der Waals surface area contributed by atoms with Crippen LogP contribution < -0.4 is 15.0 Å². The highest BCUT2D eigenvalue weighted by atomic mass is 16.5. The number of aromatic nitrogens is 2. The van der Waals surface area contributed by atoms with E-state index >= 15 is 0 Å². The van der Waals surface area contributed by atoms with Crippen LogP contribution in [0.1, 0.15) is 22.3 Å². The first-order valence-corrected chi connectivity index (χ1v) is 14.2. The van der Waals surface area contributed by atoms with Crippen LogP contribution in [-0.2, 0) is 0 Å². The summed E-state index contributed by atoms with van der Waals surface area (Å²) >= 11 is 0. The molecule has 0 fully saturated rings. The van der Waals surface area contributed by atoms with Gasteiger partial charge in [-0.1, -0.05) is 103 Å². The highest BCUT2D eigenvalue weighted by molar-refractivity contribution is 5.98. The number of pyridine rings is 2. The Kier molecular flexibility index (Phi) is 6.05. The zero-order chi connectivity index (χ0) is 28.6. The van der Waals surface area contributed by atoms with Crippen molar-refractivity contribution in [3.05, 3.63) is 150 Å². The third-order valence-electron chi connectivity index (χ3n) is 7.75. The summed E-state index contributed by atoms with van der Waals surface area (Å²) in [7, 11) is 0. The summed E-state index contributed by atoms with van der Waals surface area (Å²) in [6, 6.07) is 41.3. The number of rotatable bonds is 4. The fourth-order valence-corrected chi connectivity index (χ4v) is 5.69. The molecule has 0 radical (unpaired) electrons. The molecular weight excluding hydrogens is 528 g/mol. The number of para-hydroxylation sites is 3. The van der Waals surface area contributed by atoms with Crippen molar-refractivity contribution in [2.75, 3.05) is 10.2 Å². The van der Waals surface area contributed by atoms with Crippen molar-refractivity contribution in [3.8, 4) is 22.9 Å². The van der Waals surface area contributed by atoms with Crippen LogP contribution in [-0.4, -0.2) is 9.97 Å². The third kappa shape index (κ3) is 4.63. The SMILES string of the molecule is C1=Cc2cccc(-c3ccc4c(c3)N(c3cccc(Oc5ccccn5)n3)c3ccccc3C=C4)c2Nc2ccccc21. The molecular formula is C38H26N4O. The van der Waals surface area contributed by atoms with Crippen molar-refractivity contribution < 1.29 is 4.74 Å². The Labute approximate surface area is 250 Å². The second-order valence-electron chi connectivity index (χ2n) is 10.4. The van der Waals surface area contributed by atoms with Gasteiger partial charge in [0.15, 0.2) is 0 Å². The molecule has 0 spiro atoms. The van der Waals surface area contributed by atoms with Gasteiger partial charge >= 0.3 is 0 Å². The van der Waals surface area contributed by atoms with Crippen LogP contribution in [0.4, 0.5) is 28.6 Å². The lowest BCUT2D eigenvalue weighted by Gasteiger charge is -2.27. The molecule has 4 aromatic carbocycles. The molecule has 0 aliphatic carbocycles. The van der Waals surface area contributed by atoms with Gasteiger partial charge in [0.05, 0.1) is 17.1 Å². The molecule has 0 saturated carbocycles. The Morgan fingerprint density at radius 2 is 1.28 bits per heavy atom. The number of anilines is 5. The normalized spacial score (nSPS) is 12.6. The van der Waals surface area contributed by atoms with Gasteiger partial charge in [0.1, 0.15) is 5.82 Å². The van der Waals surface area contributed by atoms with Crippen LogP contribution in [0.5, 0.6) is 11.8 Å². The molecule has 2 aliphatic rings. The van der Waals surface area contributed by atoms with E-state index in [0.29, 0.717) is 11.8 Å². The minimum Gasteiger partial charge on any atom is -0.421 e. The summed E-state index contributed by atoms with van der Waals surface area (Å²) in [4.78, 5) is 11.5. The molecule has 0 bridgehead atoms. The zero-order valence-corrected chi connectivity index (χ0v) is 23.2. The van der Waals surface area contributed by atoms with E-state index < -0.39 is 0 Å². The van der Waals surface area contributed by atoms with Gasteiger partial charge in [0.25, 0.3) is 0 Å². The molecule has 8 rings (SSSR count). The molecule has 5 nitrogen and oxygen atoms in total. The first-order chi connectivity index (χ1) is 21.3. The van der Waals surface area contributed by atoms with E-state index in [1.54, 1.807) is 6.20 Å². The van der Waals surface area contributed by atoms with Crippen LogP contribution in [0, 0.1) is 0 Å². The van der Waals surface area contributed by atoms with Crippen molar-refractivity contribution in [3.63, 3.8) is 0 Å². The summed E-state index contributed by atoms with van der Waals surface area (Å²) in [6.45, 7) is 0. The maximum atomic E-state index is 6.03. The first kappa shape index (κ1) is 24.8. The fraction of sp³-hybridized carbons (Fsp3) is 0. The molecule has 1 N–H and O–H groups in total. The summed E-state index contributed by atoms with van der Waals surface area (Å²) in [6.07, 6.45) is 10.4. The number of ether oxygens (including phenoxy) is 1. The van der Waals surface area contributed by atoms with Crippen molar-refractivity contribution in [1.82, 2.24) is 9.97 Å². The van der Waals surface area contributed by atoms with Gasteiger partial charge in [-0.15, -0.1) is 0 Å². The summed E-state index contributed by atoms with van der Waals surface area (Å²) in [5.74, 6) is 1.73. The standard InChI is InChI=1S/C38H26N4O/c1-3-13-32-26(9-1)18-22-29-11-7-12-31(38(29)40-32)30-23-21-28-20-19-27-10-2-4-14-33(27)42(34(28)25-30)35-15-8-17-37(41-35)43-36-16-5-6-24-39-36/h1-25,40H. The van der Waals surface area contributed by atoms with E-state index in [1.807, 2.05) is 36.4 Å². The lowest BCUT2D eigenvalue weighted by molar-refractivity contribution is 0.445. The molecule has 0 amide bonds. The fourth-order valence-electron chi connectivity index (χ4n) is 5.69. The van der Waals surface area contributed by atoms with Crippen molar-refractivity contribution >= 4 is 52.9 Å². The molecule has 6 aromatic rings. The number of hydrogen-bond acceptors (Lipinski definition) is 5. The summed E-state index contributed by atoms with van der Waals surface area (Å²) in [5.41, 5.74) is 11.0. The van der Waals surface area contributed by atoms with Crippen molar-refractivity contribution in [2.45, 2.75) is 0 Å². The average Bonchev–Trinajstić information content (AvgIpc) is 3.35. The molecule has 2 aromatic heterocycles. The lowest BCUT2D eigenvalue weighted by Crippen LogP contribution is -2.13. The first-order valence-electron chi connectivity index (χ1n) is 14.2. The van der Waals surface area contributed by atoms with Crippen LogP contribution in [0.15, 0.2) is 128 Å². The molecule has 0 saturated heterocycles. The van der Waals surface area contributed by atoms with Crippen LogP contribution in [0.3, 0.4) is 0 Å². The quantitative estimate of drug-likeness (QED) is 0.235. The highest BCUT2D eigenvalue weighted by Crippen LogP contribution is 2.45. The Balaban J connectivity index is 1.27. The van der Waals surface area contributed by atoms with Crippen LogP contribution in [0.2, 0.25) is 0 Å². The Bertz CT molecular complexity index is 2050. The maximum absolute atomic E-state index is 6.03. The maximum Gasteiger partial charge on any atom is 0.223 e. The lowest BCUT2D eigenvalue weighted by atomic mass is 9.97. The summed E-state index contributed by atoms with van der Waals surface area (Å²) in [5, 5.41) is 3.73. The van der Waals surface area contributed by atoms with E-state index in [0.717, 1.165) is 56.4 Å². The molecule has 0 unspecified atom stereocenters. The monoisotopic (exact) mass is 554 g/mol. The van der Waals surface area contributed by atoms with Crippen LogP contribution in [0.25, 0.3) is 35.4 Å². The highest BCUT2D eigenvalue weighted by Gasteiger charge is 2.23. The molecule has 5 heteroatoms. The van der Waals surface area contributed by atoms with Gasteiger partial charge < -0.3 is 10.1 Å². The third-order valence-corrected chi connectivity index (χ3v) is 7.75. The minimum atomic E-state index is 0.478. The van der Waals surface area contributed by atoms with Crippen molar-refractivity contribution in [2.24, 2.45) is 0 Å². The van der Waals surface area contributed by atoms with E-state index in [1.165, 1.54) is 5.56 Å². The second-order valence-corrected chi connectivity index (χ2v) is 10.4. The van der Waals surface area contributed by atoms with Gasteiger partial charge in [0, 0.05) is 29.6 Å². The van der Waals surface area contributed by atoms with E-state index in [2.05, 4.69) is 124 Å². The zero-order valence-electron chi connectivity index (χ0n) is 23.2. The molecule has 0 atom stereocenters. The largest absolute Gasteiger partial charge is 0.421 e. The minimum absolute atomic E-state index is 0.478. The van der Waals surface area contributed by atoms with E-state index in [-0.39, 0.29) is 0 Å². The van der Waals surface area contributed by atoms with E-state index in [4.69, 9.17) is 9.72 Å². The number of benzene rings is 4. The van der Waals surface area contributed by atoms with Crippen molar-refractivity contribution in [1.29, 1.82) is 0 Å².